The molecule has 14 N–H and O–H groups in total. The maximum absolute atomic E-state index is 15.3. The summed E-state index contributed by atoms with van der Waals surface area (Å²) in [6.45, 7) is 35.6. The summed E-state index contributed by atoms with van der Waals surface area (Å²) in [4.78, 5) is 203. The monoisotopic (exact) mass is 1390 g/mol. The lowest BCUT2D eigenvalue weighted by Crippen LogP contribution is -3.04. The normalized spacial score (nSPS) is 19.0. The molecule has 0 aliphatic heterocycles. The van der Waals surface area contributed by atoms with Crippen LogP contribution >= 0.6 is 0 Å². The van der Waals surface area contributed by atoms with E-state index in [-0.39, 0.29) is 23.1 Å². The lowest BCUT2D eigenvalue weighted by Gasteiger charge is -2.75. The van der Waals surface area contributed by atoms with E-state index in [9.17, 15) is 47.9 Å². The topological polar surface area (TPSA) is 407 Å². The van der Waals surface area contributed by atoms with E-state index < -0.39 is 228 Å². The van der Waals surface area contributed by atoms with E-state index in [0.29, 0.717) is 0 Å². The summed E-state index contributed by atoms with van der Waals surface area (Å²) in [6.07, 6.45) is 0. The van der Waals surface area contributed by atoms with Crippen LogP contribution in [0.5, 0.6) is 0 Å². The van der Waals surface area contributed by atoms with Crippen LogP contribution in [0.3, 0.4) is 0 Å². The fraction of sp³-hybridized carbons (Fsp3) is 0.800. The van der Waals surface area contributed by atoms with Gasteiger partial charge in [-0.1, -0.05) is 0 Å². The number of Topliss-reactive ketones (excluding diaryl/α,β-unsaturated/α-hetero) is 14. The number of nitrogens with one attached hydrogen (secondary N) is 14. The minimum absolute atomic E-state index is 0.384. The summed E-state index contributed by atoms with van der Waals surface area (Å²) in [7, 11) is 0. The summed E-state index contributed by atoms with van der Waals surface area (Å²) in [6, 6.07) is -17.4. The van der Waals surface area contributed by atoms with Crippen LogP contribution in [-0.2, 0) is 67.1 Å². The van der Waals surface area contributed by atoms with Crippen LogP contribution in [0.25, 0.3) is 0 Å². The van der Waals surface area contributed by atoms with Gasteiger partial charge in [-0.05, 0) is 194 Å². The van der Waals surface area contributed by atoms with Gasteiger partial charge in [-0.3, -0.25) is 99.0 Å². The highest BCUT2D eigenvalue weighted by Crippen LogP contribution is 2.50. The third kappa shape index (κ3) is 24.3. The maximum atomic E-state index is 15.3. The molecular formula is C70H128N14O14. The van der Waals surface area contributed by atoms with Gasteiger partial charge in [-0.25, -0.2) is 0 Å². The van der Waals surface area contributed by atoms with Crippen molar-refractivity contribution in [3.8, 4) is 0 Å². The van der Waals surface area contributed by atoms with Gasteiger partial charge in [0, 0.05) is 52.4 Å². The quantitative estimate of drug-likeness (QED) is 0.0360. The highest BCUT2D eigenvalue weighted by Gasteiger charge is 2.79. The van der Waals surface area contributed by atoms with Crippen LogP contribution in [-0.4, -0.2) is 251 Å². The van der Waals surface area contributed by atoms with Crippen molar-refractivity contribution in [2.45, 2.75) is 312 Å². The molecule has 28 nitrogen and oxygen atoms in total. The minimum Gasteiger partial charge on any atom is -0.306 e. The van der Waals surface area contributed by atoms with Gasteiger partial charge in [0.25, 0.3) is 0 Å². The van der Waals surface area contributed by atoms with Crippen LogP contribution in [0.4, 0.5) is 0 Å². The van der Waals surface area contributed by atoms with Gasteiger partial charge >= 0.3 is 0 Å². The first-order valence-corrected chi connectivity index (χ1v) is 34.4. The number of carbonyl (C=O) groups is 14. The molecule has 0 bridgehead atoms. The zero-order valence-electron chi connectivity index (χ0n) is 64.5. The molecule has 0 aromatic carbocycles. The lowest BCUT2D eigenvalue weighted by molar-refractivity contribution is -0.142. The fourth-order valence-electron chi connectivity index (χ4n) is 11.8. The Bertz CT molecular complexity index is 2590. The van der Waals surface area contributed by atoms with Gasteiger partial charge in [0.15, 0.2) is 0 Å². The van der Waals surface area contributed by atoms with Crippen molar-refractivity contribution in [1.29, 1.82) is 0 Å². The van der Waals surface area contributed by atoms with Crippen LogP contribution in [0.15, 0.2) is 0 Å². The highest BCUT2D eigenvalue weighted by atomic mass is 16.2. The molecule has 0 spiro atoms. The van der Waals surface area contributed by atoms with Crippen molar-refractivity contribution in [2.75, 3.05) is 52.4 Å². The molecular weight excluding hydrogens is 1260 g/mol. The molecule has 0 heterocycles. The average molecular weight is 1390 g/mol. The Morgan fingerprint density at radius 2 is 0.286 bits per heavy atom. The van der Waals surface area contributed by atoms with Crippen molar-refractivity contribution in [3.05, 3.63) is 0 Å². The molecule has 4 unspecified atom stereocenters. The van der Waals surface area contributed by atoms with Gasteiger partial charge < -0.3 is 42.5 Å². The molecule has 0 fully saturated rings. The van der Waals surface area contributed by atoms with E-state index in [1.807, 2.05) is 0 Å². The minimum atomic E-state index is -2.67. The van der Waals surface area contributed by atoms with Crippen LogP contribution in [0, 0.1) is 0 Å². The summed E-state index contributed by atoms with van der Waals surface area (Å²) in [5.41, 5.74) is -14.8. The Morgan fingerprint density at radius 1 is 0.173 bits per heavy atom. The zero-order valence-corrected chi connectivity index (χ0v) is 64.5. The third-order valence-electron chi connectivity index (χ3n) is 20.7. The zero-order chi connectivity index (χ0) is 76.7. The summed E-state index contributed by atoms with van der Waals surface area (Å²) in [5.74, 6) is -6.51. The molecule has 562 valence electrons. The molecule has 0 rings (SSSR count). The molecule has 28 heteroatoms. The summed E-state index contributed by atoms with van der Waals surface area (Å²) >= 11 is 0. The van der Waals surface area contributed by atoms with Gasteiger partial charge in [0.1, 0.15) is 81.0 Å². The second-order valence-electron chi connectivity index (χ2n) is 28.4. The van der Waals surface area contributed by atoms with Gasteiger partial charge in [-0.2, -0.15) is 0 Å². The number of hydrogen-bond donors (Lipinski definition) is 14. The van der Waals surface area contributed by atoms with Gasteiger partial charge in [0.2, 0.25) is 0 Å². The molecule has 0 aliphatic carbocycles. The summed E-state index contributed by atoms with van der Waals surface area (Å²) in [5, 5.41) is 50.5. The first-order chi connectivity index (χ1) is 44.8. The van der Waals surface area contributed by atoms with Gasteiger partial charge in [-0.15, -0.1) is 0 Å². The molecule has 0 saturated carbocycles. The first-order valence-electron chi connectivity index (χ1n) is 34.4. The van der Waals surface area contributed by atoms with Crippen LogP contribution < -0.4 is 74.4 Å². The molecule has 0 radical (unpaired) electrons. The number of rotatable bonds is 55. The molecule has 0 amide bonds. The van der Waals surface area contributed by atoms with E-state index in [1.165, 1.54) is 125 Å². The van der Waals surface area contributed by atoms with Crippen molar-refractivity contribution >= 4 is 81.0 Å². The Morgan fingerprint density at radius 3 is 0.429 bits per heavy atom. The average Bonchev–Trinajstić information content (AvgIpc) is 0.664. The molecule has 18 atom stereocenters. The maximum Gasteiger partial charge on any atom is 0.146 e. The Balaban J connectivity index is 13.7. The Labute approximate surface area is 584 Å². The van der Waals surface area contributed by atoms with Crippen LogP contribution in [0.2, 0.25) is 0 Å². The Kier molecular flexibility index (Phi) is 38.3. The van der Waals surface area contributed by atoms with E-state index in [2.05, 4.69) is 74.4 Å². The SMILES string of the molecule is CC(=O)[C@H](C)NCC(CN[C@@H](C)C(C)=O)(N[C@@H](C)C(C)=O)C(CN[C@@H](C)C(C)=O)(N[C@@H](C)C(C)=O)C(CN[C@@H](C)C(C)=O)(N[C@@H](C)C(C)=O)C(CN[C@@H](C)C(C)=O)(N[C@@H](C)C(C)=O)C(CN[C@@H](C)C(C)=O)(N[C@@H](C)C(C)=O)C(CN[C@@H](C)C(C)=O)(CN[C@@H](C)C(C)=O)N[C@@H](C)C(C)=O. The number of carbonyl (C=O) groups excluding carboxylic acids is 14. The van der Waals surface area contributed by atoms with E-state index in [0.717, 1.165) is 0 Å². The Hall–Kier alpha value is -5.18. The van der Waals surface area contributed by atoms with Crippen molar-refractivity contribution < 1.29 is 67.1 Å². The van der Waals surface area contributed by atoms with Crippen molar-refractivity contribution in [3.63, 3.8) is 0 Å². The van der Waals surface area contributed by atoms with Crippen molar-refractivity contribution in [2.24, 2.45) is 0 Å². The standard InChI is InChI=1S/C70H128N14O14/c1-37(51(15)85)71-29-65(79-45(9)59(23)93,30-72-38(2)52(16)86)67(81-47(11)61(25)95,33-75-41(5)55(19)89)69(83-49(13)63(27)97,35-77-43(7)57(21)91)70(84-50(14)64(28)98,36-78-44(8)58(22)92)68(82-48(12)62(26)96,34-76-42(6)56(20)90)66(80-46(10)60(24)94,31-73-39(3)53(17)87)32-74-40(4)54(18)88/h37-50,71-84H,29-36H2,1-28H3/t37-,38-,39-,40-,41-,42-,43-,44-,45-,46-,47-,48-,49-,50-,67?,68?,69?,70?/m0/s1. The third-order valence-corrected chi connectivity index (χ3v) is 20.7. The van der Waals surface area contributed by atoms with E-state index in [1.54, 1.807) is 69.2 Å². The largest absolute Gasteiger partial charge is 0.306 e. The summed E-state index contributed by atoms with van der Waals surface area (Å²) < 4.78 is 0. The molecule has 0 saturated heterocycles. The first kappa shape index (κ1) is 92.8. The van der Waals surface area contributed by atoms with Crippen molar-refractivity contribution in [1.82, 2.24) is 74.4 Å². The predicted molar refractivity (Wildman–Crippen MR) is 381 cm³/mol. The second kappa shape index (κ2) is 40.5. The van der Waals surface area contributed by atoms with E-state index >= 15 is 19.2 Å². The molecule has 0 aliphatic rings. The predicted octanol–water partition coefficient (Wildman–Crippen LogP) is -0.641. The molecule has 0 aromatic heterocycles. The van der Waals surface area contributed by atoms with Crippen LogP contribution in [0.1, 0.15) is 194 Å². The second-order valence-corrected chi connectivity index (χ2v) is 28.4. The highest BCUT2D eigenvalue weighted by molar-refractivity contribution is 5.87. The number of ketones is 14. The lowest BCUT2D eigenvalue weighted by atomic mass is 9.46. The molecule has 98 heavy (non-hydrogen) atoms. The van der Waals surface area contributed by atoms with Gasteiger partial charge in [0.05, 0.1) is 118 Å². The molecule has 0 aromatic rings. The fourth-order valence-corrected chi connectivity index (χ4v) is 11.8. The number of hydrogen-bond acceptors (Lipinski definition) is 28. The smallest absolute Gasteiger partial charge is 0.146 e. The van der Waals surface area contributed by atoms with E-state index in [4.69, 9.17) is 0 Å².